The van der Waals surface area contributed by atoms with Gasteiger partial charge < -0.3 is 20.1 Å². The Morgan fingerprint density at radius 3 is 1.53 bits per heavy atom. The van der Waals surface area contributed by atoms with Crippen molar-refractivity contribution in [1.29, 1.82) is 0 Å². The number of esters is 1. The molecule has 0 aromatic heterocycles. The summed E-state index contributed by atoms with van der Waals surface area (Å²) >= 11 is 0. The van der Waals surface area contributed by atoms with Gasteiger partial charge in [0.15, 0.2) is 0 Å². The van der Waals surface area contributed by atoms with Crippen LogP contribution in [0, 0.1) is 0 Å². The minimum Gasteiger partial charge on any atom is -0.463 e. The first-order chi connectivity index (χ1) is 27.8. The van der Waals surface area contributed by atoms with Gasteiger partial charge >= 0.3 is 13.8 Å². The predicted molar refractivity (Wildman–Crippen MR) is 238 cm³/mol. The first kappa shape index (κ1) is 55.0. The van der Waals surface area contributed by atoms with Crippen LogP contribution in [0.1, 0.15) is 206 Å². The third kappa shape index (κ3) is 44.9. The largest absolute Gasteiger partial charge is 0.472 e. The van der Waals surface area contributed by atoms with Crippen LogP contribution in [0.15, 0.2) is 48.6 Å². The van der Waals surface area contributed by atoms with Gasteiger partial charge in [-0.15, -0.1) is 0 Å². The molecule has 57 heavy (non-hydrogen) atoms. The Hall–Kier alpha value is -2.03. The predicted octanol–water partition coefficient (Wildman–Crippen LogP) is 13.1. The van der Waals surface area contributed by atoms with Crippen LogP contribution in [0.2, 0.25) is 0 Å². The van der Waals surface area contributed by atoms with Crippen molar-refractivity contribution in [3.05, 3.63) is 48.6 Å². The zero-order valence-electron chi connectivity index (χ0n) is 36.5. The highest BCUT2D eigenvalue weighted by molar-refractivity contribution is 7.47. The summed E-state index contributed by atoms with van der Waals surface area (Å²) < 4.78 is 26.9. The number of ether oxygens (including phenoxy) is 1. The molecule has 0 heterocycles. The number of nitrogens with one attached hydrogen (secondary N) is 1. The minimum absolute atomic E-state index is 0.0789. The van der Waals surface area contributed by atoms with Crippen molar-refractivity contribution in [2.24, 2.45) is 0 Å². The van der Waals surface area contributed by atoms with E-state index in [4.69, 9.17) is 13.8 Å². The van der Waals surface area contributed by atoms with Crippen LogP contribution in [0.3, 0.4) is 0 Å². The Balaban J connectivity index is 3.59. The van der Waals surface area contributed by atoms with Crippen LogP contribution in [0.5, 0.6) is 0 Å². The number of rotatable bonds is 43. The molecule has 0 aliphatic carbocycles. The average Bonchev–Trinajstić information content (AvgIpc) is 3.20. The maximum absolute atomic E-state index is 12.1. The van der Waals surface area contributed by atoms with Crippen molar-refractivity contribution < 1.29 is 37.9 Å². The van der Waals surface area contributed by atoms with Gasteiger partial charge in [-0.25, -0.2) is 4.57 Å². The van der Waals surface area contributed by atoms with Crippen LogP contribution in [-0.4, -0.2) is 54.3 Å². The second-order valence-corrected chi connectivity index (χ2v) is 16.8. The number of unbranched alkanes of at least 4 members (excludes halogenated alkanes) is 22. The maximum Gasteiger partial charge on any atom is 0.472 e. The molecule has 0 aromatic carbocycles. The van der Waals surface area contributed by atoms with E-state index in [1.807, 2.05) is 0 Å². The summed E-state index contributed by atoms with van der Waals surface area (Å²) in [5, 5.41) is 12.7. The Morgan fingerprint density at radius 1 is 0.561 bits per heavy atom. The van der Waals surface area contributed by atoms with E-state index in [1.54, 1.807) is 0 Å². The number of aliphatic hydroxyl groups is 1. The molecule has 2 atom stereocenters. The molecule has 0 bridgehead atoms. The first-order valence-corrected chi connectivity index (χ1v) is 24.6. The fourth-order valence-corrected chi connectivity index (χ4v) is 7.03. The van der Waals surface area contributed by atoms with Crippen LogP contribution in [0.4, 0.5) is 0 Å². The van der Waals surface area contributed by atoms with Crippen LogP contribution in [0.25, 0.3) is 0 Å². The number of amides is 1. The normalized spacial score (nSPS) is 13.7. The Morgan fingerprint density at radius 2 is 1.00 bits per heavy atom. The van der Waals surface area contributed by atoms with Gasteiger partial charge in [0.2, 0.25) is 5.91 Å². The lowest BCUT2D eigenvalue weighted by Gasteiger charge is -2.15. The summed E-state index contributed by atoms with van der Waals surface area (Å²) in [6.07, 6.45) is 50.4. The lowest BCUT2D eigenvalue weighted by molar-refractivity contribution is -0.147. The highest BCUT2D eigenvalue weighted by Gasteiger charge is 2.23. The Bertz CT molecular complexity index is 1080. The third-order valence-corrected chi connectivity index (χ3v) is 10.7. The number of aliphatic hydroxyl groups excluding tert-OH is 1. The summed E-state index contributed by atoms with van der Waals surface area (Å²) in [6, 6.07) is 0. The molecule has 0 radical (unpaired) electrons. The number of carbonyl (C=O) groups excluding carboxylic acids is 2. The molecular weight excluding hydrogens is 737 g/mol. The van der Waals surface area contributed by atoms with E-state index in [2.05, 4.69) is 67.8 Å². The maximum atomic E-state index is 12.1. The molecule has 0 aliphatic rings. The number of carbonyl (C=O) groups is 2. The van der Waals surface area contributed by atoms with E-state index in [0.717, 1.165) is 70.6 Å². The molecule has 332 valence electrons. The van der Waals surface area contributed by atoms with E-state index in [-0.39, 0.29) is 32.1 Å². The first-order valence-electron chi connectivity index (χ1n) is 23.1. The van der Waals surface area contributed by atoms with Gasteiger partial charge in [-0.3, -0.25) is 18.6 Å². The monoisotopic (exact) mass is 824 g/mol. The molecule has 1 amide bonds. The standard InChI is InChI=1S/C47H86NO8P/c1-3-5-7-9-11-13-15-17-19-21-22-24-25-27-29-31-33-35-37-39-46(50)48-41-42-55-57(52,53)56-44-45(49)43-54-47(51)40-38-36-34-32-30-28-26-23-20-18-16-14-12-10-8-6-4-2/h6,8,12,14,17-20,45,49H,3-5,7,9-11,13,15-16,21-44H2,1-2H3,(H,48,50)(H,52,53)/b8-6-,14-12-,19-17+,20-18-. The second kappa shape index (κ2) is 43.5. The summed E-state index contributed by atoms with van der Waals surface area (Å²) in [5.74, 6) is -0.527. The molecule has 0 aliphatic heterocycles. The number of hydrogen-bond donors (Lipinski definition) is 3. The molecule has 2 unspecified atom stereocenters. The number of phosphoric ester groups is 1. The van der Waals surface area contributed by atoms with Crippen molar-refractivity contribution in [2.75, 3.05) is 26.4 Å². The van der Waals surface area contributed by atoms with Crippen molar-refractivity contribution in [2.45, 2.75) is 213 Å². The molecule has 0 fully saturated rings. The minimum atomic E-state index is -4.42. The lowest BCUT2D eigenvalue weighted by atomic mass is 10.1. The van der Waals surface area contributed by atoms with Gasteiger partial charge in [-0.2, -0.15) is 0 Å². The molecule has 3 N–H and O–H groups in total. The fraction of sp³-hybridized carbons (Fsp3) is 0.787. The second-order valence-electron chi connectivity index (χ2n) is 15.3. The van der Waals surface area contributed by atoms with Gasteiger partial charge in [0, 0.05) is 19.4 Å². The Labute approximate surface area is 349 Å². The molecule has 9 nitrogen and oxygen atoms in total. The fourth-order valence-electron chi connectivity index (χ4n) is 6.27. The summed E-state index contributed by atoms with van der Waals surface area (Å²) in [4.78, 5) is 34.0. The zero-order chi connectivity index (χ0) is 41.8. The Kier molecular flexibility index (Phi) is 42.0. The summed E-state index contributed by atoms with van der Waals surface area (Å²) in [6.45, 7) is 3.44. The van der Waals surface area contributed by atoms with Gasteiger partial charge in [-0.1, -0.05) is 172 Å². The van der Waals surface area contributed by atoms with E-state index < -0.39 is 26.5 Å². The van der Waals surface area contributed by atoms with Crippen molar-refractivity contribution in [3.63, 3.8) is 0 Å². The molecule has 0 spiro atoms. The molecule has 0 saturated heterocycles. The molecular formula is C47H86NO8P. The topological polar surface area (TPSA) is 131 Å². The van der Waals surface area contributed by atoms with E-state index >= 15 is 0 Å². The molecule has 0 rings (SSSR count). The quantitative estimate of drug-likeness (QED) is 0.0240. The molecule has 0 saturated carbocycles. The highest BCUT2D eigenvalue weighted by atomic mass is 31.2. The summed E-state index contributed by atoms with van der Waals surface area (Å²) in [7, 11) is -4.42. The van der Waals surface area contributed by atoms with Gasteiger partial charge in [-0.05, 0) is 70.6 Å². The van der Waals surface area contributed by atoms with Crippen molar-refractivity contribution in [3.8, 4) is 0 Å². The van der Waals surface area contributed by atoms with Crippen LogP contribution in [-0.2, 0) is 27.9 Å². The van der Waals surface area contributed by atoms with Crippen LogP contribution >= 0.6 is 7.82 Å². The molecule has 0 aromatic rings. The van der Waals surface area contributed by atoms with Crippen molar-refractivity contribution in [1.82, 2.24) is 5.32 Å². The zero-order valence-corrected chi connectivity index (χ0v) is 37.4. The van der Waals surface area contributed by atoms with Crippen LogP contribution < -0.4 is 5.32 Å². The van der Waals surface area contributed by atoms with E-state index in [0.29, 0.717) is 6.42 Å². The van der Waals surface area contributed by atoms with Gasteiger partial charge in [0.05, 0.1) is 13.2 Å². The van der Waals surface area contributed by atoms with Gasteiger partial charge in [0.1, 0.15) is 12.7 Å². The number of phosphoric acid groups is 1. The van der Waals surface area contributed by atoms with E-state index in [1.165, 1.54) is 109 Å². The lowest BCUT2D eigenvalue weighted by Crippen LogP contribution is -2.27. The third-order valence-electron chi connectivity index (χ3n) is 9.74. The smallest absolute Gasteiger partial charge is 0.463 e. The average molecular weight is 824 g/mol. The van der Waals surface area contributed by atoms with Crippen molar-refractivity contribution >= 4 is 19.7 Å². The number of allylic oxidation sites excluding steroid dienone is 8. The summed E-state index contributed by atoms with van der Waals surface area (Å²) in [5.41, 5.74) is 0. The van der Waals surface area contributed by atoms with E-state index in [9.17, 15) is 24.2 Å². The highest BCUT2D eigenvalue weighted by Crippen LogP contribution is 2.42. The molecule has 10 heteroatoms. The van der Waals surface area contributed by atoms with Gasteiger partial charge in [0.25, 0.3) is 0 Å². The number of hydrogen-bond acceptors (Lipinski definition) is 7. The SMILES string of the molecule is CC/C=C\C/C=C\C/C=C\CCCCCCCCCC(=O)OCC(O)COP(=O)(O)OCCNC(=O)CCCCCCCCCCC/C=C/CCCCCCCC.